The van der Waals surface area contributed by atoms with E-state index < -0.39 is 0 Å². The number of carbonyl (C=O) groups excluding carboxylic acids is 1. The van der Waals surface area contributed by atoms with Gasteiger partial charge in [0.15, 0.2) is 16.7 Å². The third-order valence-corrected chi connectivity index (χ3v) is 6.14. The molecule has 31 heavy (non-hydrogen) atoms. The number of hydrogen-bond donors (Lipinski definition) is 1. The molecule has 0 radical (unpaired) electrons. The quantitative estimate of drug-likeness (QED) is 0.275. The number of nitrogens with one attached hydrogen (secondary N) is 1. The van der Waals surface area contributed by atoms with Crippen molar-refractivity contribution in [3.63, 3.8) is 0 Å². The SMILES string of the molecule is COc1cc2nc(SCC(=O)NCC#N)n(CCC3=CCCCC3)c(=O)c2cc1OC. The Bertz CT molecular complexity index is 1090. The van der Waals surface area contributed by atoms with Crippen LogP contribution in [0.1, 0.15) is 32.1 Å². The number of rotatable bonds is 9. The number of hydrogen-bond acceptors (Lipinski definition) is 7. The fraction of sp³-hybridized carbons (Fsp3) is 0.455. The van der Waals surface area contributed by atoms with Gasteiger partial charge in [0.25, 0.3) is 5.56 Å². The number of nitrogens with zero attached hydrogens (tertiary/aromatic N) is 3. The summed E-state index contributed by atoms with van der Waals surface area (Å²) in [5, 5.41) is 12.0. The van der Waals surface area contributed by atoms with Crippen LogP contribution in [-0.4, -0.2) is 42.0 Å². The van der Waals surface area contributed by atoms with Gasteiger partial charge in [-0.15, -0.1) is 0 Å². The van der Waals surface area contributed by atoms with Crippen LogP contribution in [0.5, 0.6) is 11.5 Å². The minimum absolute atomic E-state index is 0.0531. The van der Waals surface area contributed by atoms with Gasteiger partial charge in [-0.2, -0.15) is 5.26 Å². The molecule has 0 saturated carbocycles. The Morgan fingerprint density at radius 2 is 2.06 bits per heavy atom. The maximum atomic E-state index is 13.4. The van der Waals surface area contributed by atoms with E-state index in [4.69, 9.17) is 14.7 Å². The van der Waals surface area contributed by atoms with Gasteiger partial charge in [0.1, 0.15) is 6.54 Å². The summed E-state index contributed by atoms with van der Waals surface area (Å²) in [4.78, 5) is 30.0. The van der Waals surface area contributed by atoms with Crippen molar-refractivity contribution in [3.8, 4) is 17.6 Å². The van der Waals surface area contributed by atoms with Gasteiger partial charge in [-0.25, -0.2) is 4.98 Å². The second-order valence-electron chi connectivity index (χ2n) is 7.16. The summed E-state index contributed by atoms with van der Waals surface area (Å²) >= 11 is 1.18. The first kappa shape index (κ1) is 22.7. The fourth-order valence-electron chi connectivity index (χ4n) is 3.54. The van der Waals surface area contributed by atoms with E-state index in [0.29, 0.717) is 34.1 Å². The molecule has 8 nitrogen and oxygen atoms in total. The van der Waals surface area contributed by atoms with Crippen molar-refractivity contribution in [3.05, 3.63) is 34.1 Å². The molecule has 3 rings (SSSR count). The van der Waals surface area contributed by atoms with E-state index >= 15 is 0 Å². The van der Waals surface area contributed by atoms with Crippen LogP contribution < -0.4 is 20.3 Å². The number of nitriles is 1. The normalized spacial score (nSPS) is 13.4. The van der Waals surface area contributed by atoms with Crippen LogP contribution in [0.4, 0.5) is 0 Å². The minimum Gasteiger partial charge on any atom is -0.493 e. The van der Waals surface area contributed by atoms with Crippen LogP contribution in [-0.2, 0) is 11.3 Å². The lowest BCUT2D eigenvalue weighted by molar-refractivity contribution is -0.118. The number of fused-ring (bicyclic) bond motifs is 1. The highest BCUT2D eigenvalue weighted by Crippen LogP contribution is 2.31. The lowest BCUT2D eigenvalue weighted by atomic mass is 9.97. The molecule has 0 atom stereocenters. The molecule has 0 fully saturated rings. The predicted octanol–water partition coefficient (Wildman–Crippen LogP) is 3.04. The molecule has 0 spiro atoms. The monoisotopic (exact) mass is 442 g/mol. The molecule has 9 heteroatoms. The lowest BCUT2D eigenvalue weighted by Gasteiger charge is -2.17. The highest BCUT2D eigenvalue weighted by Gasteiger charge is 2.17. The van der Waals surface area contributed by atoms with Crippen LogP contribution in [0.15, 0.2) is 33.7 Å². The van der Waals surface area contributed by atoms with Gasteiger partial charge in [0.05, 0.1) is 36.9 Å². The molecular weight excluding hydrogens is 416 g/mol. The molecule has 1 amide bonds. The van der Waals surface area contributed by atoms with Crippen molar-refractivity contribution >= 4 is 28.6 Å². The smallest absolute Gasteiger partial charge is 0.262 e. The third kappa shape index (κ3) is 5.58. The molecule has 1 aliphatic rings. The highest BCUT2D eigenvalue weighted by molar-refractivity contribution is 7.99. The molecule has 1 aromatic heterocycles. The van der Waals surface area contributed by atoms with E-state index in [-0.39, 0.29) is 23.8 Å². The van der Waals surface area contributed by atoms with Gasteiger partial charge in [0.2, 0.25) is 5.91 Å². The summed E-state index contributed by atoms with van der Waals surface area (Å²) in [6.45, 7) is 0.437. The Kier molecular flexibility index (Phi) is 7.95. The largest absolute Gasteiger partial charge is 0.493 e. The number of carbonyl (C=O) groups is 1. The number of amides is 1. The fourth-order valence-corrected chi connectivity index (χ4v) is 4.40. The Labute approximate surface area is 185 Å². The summed E-state index contributed by atoms with van der Waals surface area (Å²) in [6.07, 6.45) is 7.56. The second kappa shape index (κ2) is 10.9. The molecule has 1 aliphatic carbocycles. The Hall–Kier alpha value is -2.99. The topological polar surface area (TPSA) is 106 Å². The molecular formula is C22H26N4O4S. The van der Waals surface area contributed by atoms with E-state index in [1.54, 1.807) is 16.7 Å². The van der Waals surface area contributed by atoms with E-state index in [0.717, 1.165) is 19.3 Å². The van der Waals surface area contributed by atoms with Gasteiger partial charge in [-0.05, 0) is 38.2 Å². The van der Waals surface area contributed by atoms with Crippen LogP contribution in [0.3, 0.4) is 0 Å². The first-order valence-corrected chi connectivity index (χ1v) is 11.2. The Balaban J connectivity index is 1.97. The van der Waals surface area contributed by atoms with Gasteiger partial charge in [0, 0.05) is 12.6 Å². The van der Waals surface area contributed by atoms with Crippen molar-refractivity contribution in [1.82, 2.24) is 14.9 Å². The summed E-state index contributed by atoms with van der Waals surface area (Å²) in [5.74, 6) is 0.728. The van der Waals surface area contributed by atoms with Crippen LogP contribution in [0.2, 0.25) is 0 Å². The van der Waals surface area contributed by atoms with E-state index in [1.807, 2.05) is 6.07 Å². The Morgan fingerprint density at radius 1 is 1.29 bits per heavy atom. The summed E-state index contributed by atoms with van der Waals surface area (Å²) < 4.78 is 12.3. The maximum absolute atomic E-state index is 13.4. The zero-order valence-electron chi connectivity index (χ0n) is 17.8. The molecule has 1 heterocycles. The third-order valence-electron chi connectivity index (χ3n) is 5.16. The number of thioether (sulfide) groups is 1. The van der Waals surface area contributed by atoms with Crippen molar-refractivity contribution in [1.29, 1.82) is 5.26 Å². The van der Waals surface area contributed by atoms with Crippen LogP contribution in [0.25, 0.3) is 10.9 Å². The molecule has 164 valence electrons. The van der Waals surface area contributed by atoms with Crippen molar-refractivity contribution < 1.29 is 14.3 Å². The molecule has 2 aromatic rings. The number of aromatic nitrogens is 2. The van der Waals surface area contributed by atoms with Crippen molar-refractivity contribution in [2.45, 2.75) is 43.8 Å². The molecule has 0 unspecified atom stereocenters. The zero-order valence-corrected chi connectivity index (χ0v) is 18.6. The molecule has 1 N–H and O–H groups in total. The Morgan fingerprint density at radius 3 is 2.74 bits per heavy atom. The zero-order chi connectivity index (χ0) is 22.2. The summed E-state index contributed by atoms with van der Waals surface area (Å²) in [6, 6.07) is 5.19. The number of benzene rings is 1. The van der Waals surface area contributed by atoms with Crippen molar-refractivity contribution in [2.75, 3.05) is 26.5 Å². The van der Waals surface area contributed by atoms with E-state index in [1.165, 1.54) is 44.4 Å². The molecule has 0 aliphatic heterocycles. The summed E-state index contributed by atoms with van der Waals surface area (Å²) in [7, 11) is 3.05. The van der Waals surface area contributed by atoms with Gasteiger partial charge >= 0.3 is 0 Å². The first-order chi connectivity index (χ1) is 15.1. The average molecular weight is 443 g/mol. The van der Waals surface area contributed by atoms with Crippen LogP contribution >= 0.6 is 11.8 Å². The number of ether oxygens (including phenoxy) is 2. The number of methoxy groups -OCH3 is 2. The minimum atomic E-state index is -0.283. The van der Waals surface area contributed by atoms with E-state index in [2.05, 4.69) is 16.4 Å². The van der Waals surface area contributed by atoms with Gasteiger partial charge < -0.3 is 14.8 Å². The van der Waals surface area contributed by atoms with Gasteiger partial charge in [-0.3, -0.25) is 14.2 Å². The first-order valence-electron chi connectivity index (χ1n) is 10.2. The molecule has 0 bridgehead atoms. The molecule has 1 aromatic carbocycles. The summed E-state index contributed by atoms with van der Waals surface area (Å²) in [5.41, 5.74) is 1.66. The maximum Gasteiger partial charge on any atom is 0.262 e. The average Bonchev–Trinajstić information content (AvgIpc) is 2.80. The van der Waals surface area contributed by atoms with Crippen LogP contribution in [0, 0.1) is 11.3 Å². The predicted molar refractivity (Wildman–Crippen MR) is 120 cm³/mol. The lowest BCUT2D eigenvalue weighted by Crippen LogP contribution is -2.27. The second-order valence-corrected chi connectivity index (χ2v) is 8.10. The number of allylic oxidation sites excluding steroid dienone is 2. The highest BCUT2D eigenvalue weighted by atomic mass is 32.2. The molecule has 0 saturated heterocycles. The van der Waals surface area contributed by atoms with Gasteiger partial charge in [-0.1, -0.05) is 23.4 Å². The van der Waals surface area contributed by atoms with E-state index in [9.17, 15) is 9.59 Å². The van der Waals surface area contributed by atoms with Crippen molar-refractivity contribution in [2.24, 2.45) is 0 Å². The standard InChI is InChI=1S/C22H26N4O4S/c1-29-18-12-16-17(13-19(18)30-2)25-22(31-14-20(27)24-10-9-23)26(21(16)28)11-8-15-6-4-3-5-7-15/h6,12-13H,3-5,7-8,10-11,14H2,1-2H3,(H,24,27).